The molecule has 2 fully saturated rings. The number of amides is 1. The van der Waals surface area contributed by atoms with Crippen molar-refractivity contribution in [3.63, 3.8) is 0 Å². The lowest BCUT2D eigenvalue weighted by Gasteiger charge is -2.46. The first-order valence-electron chi connectivity index (χ1n) is 8.20. The fraction of sp³-hybridized carbons (Fsp3) is 0.882. The molecule has 1 amide bonds. The van der Waals surface area contributed by atoms with Crippen LogP contribution in [-0.4, -0.2) is 35.0 Å². The second-order valence-electron chi connectivity index (χ2n) is 7.80. The number of carbonyl (C=O) groups excluding carboxylic acids is 1. The topological polar surface area (TPSA) is 57.6 Å². The second kappa shape index (κ2) is 5.29. The van der Waals surface area contributed by atoms with Crippen LogP contribution in [0.4, 0.5) is 0 Å². The normalized spacial score (nSPS) is 36.3. The first kappa shape index (κ1) is 16.3. The van der Waals surface area contributed by atoms with Crippen LogP contribution in [0, 0.1) is 16.2 Å². The molecule has 2 unspecified atom stereocenters. The Hall–Kier alpha value is -1.06. The molecule has 21 heavy (non-hydrogen) atoms. The third-order valence-electron chi connectivity index (χ3n) is 6.72. The van der Waals surface area contributed by atoms with Crippen molar-refractivity contribution in [1.82, 2.24) is 4.90 Å². The van der Waals surface area contributed by atoms with Gasteiger partial charge in [0.05, 0.1) is 10.8 Å². The van der Waals surface area contributed by atoms with E-state index >= 15 is 0 Å². The van der Waals surface area contributed by atoms with E-state index in [1.807, 2.05) is 25.7 Å². The molecule has 4 heteroatoms. The van der Waals surface area contributed by atoms with E-state index in [1.165, 1.54) is 12.8 Å². The molecule has 4 nitrogen and oxygen atoms in total. The number of hydrogen-bond acceptors (Lipinski definition) is 2. The van der Waals surface area contributed by atoms with Crippen molar-refractivity contribution in [1.29, 1.82) is 0 Å². The first-order valence-corrected chi connectivity index (χ1v) is 8.20. The lowest BCUT2D eigenvalue weighted by molar-refractivity contribution is -0.161. The van der Waals surface area contributed by atoms with E-state index in [9.17, 15) is 14.7 Å². The van der Waals surface area contributed by atoms with E-state index in [0.29, 0.717) is 12.8 Å². The Balaban J connectivity index is 2.29. The van der Waals surface area contributed by atoms with Gasteiger partial charge in [0.2, 0.25) is 5.91 Å². The summed E-state index contributed by atoms with van der Waals surface area (Å²) in [5.74, 6) is -0.612. The van der Waals surface area contributed by atoms with Crippen LogP contribution in [0.25, 0.3) is 0 Å². The van der Waals surface area contributed by atoms with Crippen LogP contribution in [0.1, 0.15) is 66.2 Å². The van der Waals surface area contributed by atoms with Crippen LogP contribution in [0.15, 0.2) is 0 Å². The van der Waals surface area contributed by atoms with Crippen molar-refractivity contribution in [2.75, 3.05) is 13.1 Å². The van der Waals surface area contributed by atoms with Crippen molar-refractivity contribution in [3.8, 4) is 0 Å². The fourth-order valence-corrected chi connectivity index (χ4v) is 4.11. The maximum atomic E-state index is 13.1. The van der Waals surface area contributed by atoms with Crippen LogP contribution in [0.2, 0.25) is 0 Å². The molecular weight excluding hydrogens is 266 g/mol. The van der Waals surface area contributed by atoms with E-state index in [-0.39, 0.29) is 5.91 Å². The highest BCUT2D eigenvalue weighted by Gasteiger charge is 2.65. The van der Waals surface area contributed by atoms with Gasteiger partial charge < -0.3 is 10.0 Å². The fourth-order valence-electron chi connectivity index (χ4n) is 4.11. The average molecular weight is 295 g/mol. The summed E-state index contributed by atoms with van der Waals surface area (Å²) in [6, 6.07) is 0. The Kier molecular flexibility index (Phi) is 4.11. The van der Waals surface area contributed by atoms with Gasteiger partial charge in [-0.25, -0.2) is 0 Å². The minimum absolute atomic E-state index is 0.166. The van der Waals surface area contributed by atoms with E-state index in [4.69, 9.17) is 0 Å². The van der Waals surface area contributed by atoms with Crippen LogP contribution >= 0.6 is 0 Å². The highest BCUT2D eigenvalue weighted by atomic mass is 16.4. The molecule has 2 rings (SSSR count). The predicted octanol–water partition coefficient (Wildman–Crippen LogP) is 3.31. The van der Waals surface area contributed by atoms with Crippen LogP contribution < -0.4 is 0 Å². The summed E-state index contributed by atoms with van der Waals surface area (Å²) in [5.41, 5.74) is -1.96. The molecule has 0 aromatic carbocycles. The van der Waals surface area contributed by atoms with Crippen molar-refractivity contribution in [3.05, 3.63) is 0 Å². The van der Waals surface area contributed by atoms with Gasteiger partial charge in [-0.15, -0.1) is 0 Å². The molecule has 1 N–H and O–H groups in total. The lowest BCUT2D eigenvalue weighted by Crippen LogP contribution is -2.53. The van der Waals surface area contributed by atoms with Gasteiger partial charge in [0.25, 0.3) is 0 Å². The van der Waals surface area contributed by atoms with Crippen LogP contribution in [0.3, 0.4) is 0 Å². The zero-order chi connectivity index (χ0) is 15.9. The monoisotopic (exact) mass is 295 g/mol. The summed E-state index contributed by atoms with van der Waals surface area (Å²) in [4.78, 5) is 26.9. The largest absolute Gasteiger partial charge is 0.481 e. The molecule has 0 radical (unpaired) electrons. The maximum absolute atomic E-state index is 13.1. The SMILES string of the molecule is CC1(C(=O)O)CCC(C)(C(=O)N2CCCCCC2)C1(C)C. The van der Waals surface area contributed by atoms with Gasteiger partial charge in [-0.05, 0) is 38.0 Å². The van der Waals surface area contributed by atoms with E-state index < -0.39 is 22.2 Å². The average Bonchev–Trinajstić information content (AvgIpc) is 2.65. The highest BCUT2D eigenvalue weighted by Crippen LogP contribution is 2.63. The zero-order valence-corrected chi connectivity index (χ0v) is 13.9. The van der Waals surface area contributed by atoms with E-state index in [2.05, 4.69) is 0 Å². The number of likely N-dealkylation sites (tertiary alicyclic amines) is 1. The quantitative estimate of drug-likeness (QED) is 0.850. The van der Waals surface area contributed by atoms with Gasteiger partial charge >= 0.3 is 5.97 Å². The lowest BCUT2D eigenvalue weighted by atomic mass is 9.59. The summed E-state index contributed by atoms with van der Waals surface area (Å²) in [7, 11) is 0. The Bertz CT molecular complexity index is 437. The number of rotatable bonds is 2. The number of carboxylic acids is 1. The van der Waals surface area contributed by atoms with Crippen molar-refractivity contribution in [2.24, 2.45) is 16.2 Å². The van der Waals surface area contributed by atoms with Gasteiger partial charge in [0.1, 0.15) is 0 Å². The molecule has 1 saturated carbocycles. The molecule has 0 spiro atoms. The molecule has 1 saturated heterocycles. The molecule has 1 aliphatic carbocycles. The van der Waals surface area contributed by atoms with Gasteiger partial charge in [0, 0.05) is 13.1 Å². The Morgan fingerprint density at radius 1 is 0.857 bits per heavy atom. The van der Waals surface area contributed by atoms with Gasteiger partial charge in [-0.2, -0.15) is 0 Å². The van der Waals surface area contributed by atoms with Crippen molar-refractivity contribution >= 4 is 11.9 Å². The van der Waals surface area contributed by atoms with Gasteiger partial charge in [0.15, 0.2) is 0 Å². The van der Waals surface area contributed by atoms with Crippen LogP contribution in [0.5, 0.6) is 0 Å². The summed E-state index contributed by atoms with van der Waals surface area (Å²) in [6.45, 7) is 9.36. The van der Waals surface area contributed by atoms with E-state index in [0.717, 1.165) is 25.9 Å². The maximum Gasteiger partial charge on any atom is 0.309 e. The smallest absolute Gasteiger partial charge is 0.309 e. The summed E-state index contributed by atoms with van der Waals surface area (Å²) < 4.78 is 0. The Morgan fingerprint density at radius 3 is 1.76 bits per heavy atom. The van der Waals surface area contributed by atoms with Gasteiger partial charge in [-0.3, -0.25) is 9.59 Å². The molecule has 2 atom stereocenters. The Labute approximate surface area is 127 Å². The van der Waals surface area contributed by atoms with E-state index in [1.54, 1.807) is 6.92 Å². The van der Waals surface area contributed by atoms with Crippen molar-refractivity contribution in [2.45, 2.75) is 66.2 Å². The van der Waals surface area contributed by atoms with Crippen molar-refractivity contribution < 1.29 is 14.7 Å². The summed E-state index contributed by atoms with van der Waals surface area (Å²) >= 11 is 0. The molecule has 1 aliphatic heterocycles. The standard InChI is InChI=1S/C17H29NO3/c1-15(2)16(3,9-10-17(15,4)14(20)21)13(19)18-11-7-5-6-8-12-18/h5-12H2,1-4H3,(H,20,21). The summed E-state index contributed by atoms with van der Waals surface area (Å²) in [5, 5.41) is 9.65. The molecule has 2 aliphatic rings. The number of nitrogens with zero attached hydrogens (tertiary/aromatic N) is 1. The number of aliphatic carboxylic acids is 1. The molecule has 120 valence electrons. The molecule has 0 bridgehead atoms. The van der Waals surface area contributed by atoms with Crippen LogP contribution in [-0.2, 0) is 9.59 Å². The number of hydrogen-bond donors (Lipinski definition) is 1. The molecule has 1 heterocycles. The third kappa shape index (κ3) is 2.27. The highest BCUT2D eigenvalue weighted by molar-refractivity contribution is 5.87. The molecular formula is C17H29NO3. The number of carbonyl (C=O) groups is 2. The molecule has 0 aromatic rings. The third-order valence-corrected chi connectivity index (χ3v) is 6.72. The second-order valence-corrected chi connectivity index (χ2v) is 7.80. The Morgan fingerprint density at radius 2 is 1.33 bits per heavy atom. The predicted molar refractivity (Wildman–Crippen MR) is 81.9 cm³/mol. The minimum atomic E-state index is -0.830. The molecule has 0 aromatic heterocycles. The minimum Gasteiger partial charge on any atom is -0.481 e. The number of carboxylic acid groups (broad SMARTS) is 1. The first-order chi connectivity index (χ1) is 9.67. The zero-order valence-electron chi connectivity index (χ0n) is 13.9. The summed E-state index contributed by atoms with van der Waals surface area (Å²) in [6.07, 6.45) is 5.76. The van der Waals surface area contributed by atoms with Gasteiger partial charge in [-0.1, -0.05) is 33.6 Å².